The summed E-state index contributed by atoms with van der Waals surface area (Å²) in [4.78, 5) is 0. The Balaban J connectivity index is 3.00. The van der Waals surface area contributed by atoms with Crippen LogP contribution in [0, 0.1) is 12.8 Å². The number of hydrogen-bond acceptors (Lipinski definition) is 0. The highest BCUT2D eigenvalue weighted by atomic mass is 35.5. The first-order valence-corrected chi connectivity index (χ1v) is 4.73. The summed E-state index contributed by atoms with van der Waals surface area (Å²) < 4.78 is 0. The smallest absolute Gasteiger partial charge is 0.0473 e. The van der Waals surface area contributed by atoms with E-state index in [0.29, 0.717) is 0 Å². The summed E-state index contributed by atoms with van der Waals surface area (Å²) >= 11 is 6.17. The predicted molar refractivity (Wildman–Crippen MR) is 59.0 cm³/mol. The first-order valence-electron chi connectivity index (χ1n) is 4.35. The lowest BCUT2D eigenvalue weighted by Crippen LogP contribution is -1.95. The molecule has 1 aromatic rings. The van der Waals surface area contributed by atoms with Crippen molar-refractivity contribution >= 4 is 11.6 Å². The van der Waals surface area contributed by atoms with Gasteiger partial charge >= 0.3 is 0 Å². The zero-order chi connectivity index (χ0) is 9.84. The van der Waals surface area contributed by atoms with Gasteiger partial charge in [0.1, 0.15) is 0 Å². The Morgan fingerprint density at radius 1 is 1.54 bits per heavy atom. The van der Waals surface area contributed by atoms with E-state index < -0.39 is 0 Å². The third-order valence-corrected chi connectivity index (χ3v) is 2.60. The van der Waals surface area contributed by atoms with Crippen molar-refractivity contribution in [2.45, 2.75) is 20.3 Å². The molecule has 0 nitrogen and oxygen atoms in total. The van der Waals surface area contributed by atoms with Crippen molar-refractivity contribution in [2.24, 2.45) is 0 Å². The van der Waals surface area contributed by atoms with Crippen LogP contribution in [-0.2, 0) is 0 Å². The Hall–Kier alpha value is -0.750. The fraction of sp³-hybridized carbons (Fsp3) is 0.250. The maximum absolute atomic E-state index is 6.17. The van der Waals surface area contributed by atoms with Gasteiger partial charge in [-0.05, 0) is 24.5 Å². The zero-order valence-electron chi connectivity index (χ0n) is 8.10. The van der Waals surface area contributed by atoms with Crippen LogP contribution in [0.15, 0.2) is 30.9 Å². The fourth-order valence-electron chi connectivity index (χ4n) is 1.30. The van der Waals surface area contributed by atoms with Crippen LogP contribution in [0.25, 0.3) is 0 Å². The molecule has 1 radical (unpaired) electrons. The molecular formula is C12H14Cl. The lowest BCUT2D eigenvalue weighted by Gasteiger charge is -2.11. The van der Waals surface area contributed by atoms with Gasteiger partial charge < -0.3 is 0 Å². The quantitative estimate of drug-likeness (QED) is 0.633. The second kappa shape index (κ2) is 4.48. The Morgan fingerprint density at radius 2 is 2.23 bits per heavy atom. The summed E-state index contributed by atoms with van der Waals surface area (Å²) in [5.41, 5.74) is 2.27. The van der Waals surface area contributed by atoms with Crippen molar-refractivity contribution in [1.82, 2.24) is 0 Å². The van der Waals surface area contributed by atoms with Gasteiger partial charge in [0, 0.05) is 10.9 Å². The Morgan fingerprint density at radius 3 is 2.85 bits per heavy atom. The summed E-state index contributed by atoms with van der Waals surface area (Å²) in [5, 5.41) is 0.863. The Kier molecular flexibility index (Phi) is 3.56. The first-order chi connectivity index (χ1) is 6.16. The topological polar surface area (TPSA) is 0 Å². The number of allylic oxidation sites excluding steroid dienone is 1. The van der Waals surface area contributed by atoms with Crippen LogP contribution in [0.2, 0.25) is 5.02 Å². The minimum atomic E-state index is 0.863. The minimum absolute atomic E-state index is 0.863. The molecule has 1 heteroatoms. The van der Waals surface area contributed by atoms with Crippen molar-refractivity contribution in [3.8, 4) is 0 Å². The highest BCUT2D eigenvalue weighted by Crippen LogP contribution is 2.28. The van der Waals surface area contributed by atoms with Gasteiger partial charge in [-0.1, -0.05) is 42.8 Å². The second-order valence-corrected chi connectivity index (χ2v) is 3.59. The molecule has 0 atom stereocenters. The largest absolute Gasteiger partial charge is 0.103 e. The number of rotatable bonds is 3. The SMILES string of the molecule is C=CC[C](C)c1cccc(C)c1Cl. The number of aryl methyl sites for hydroxylation is 1. The Bertz CT molecular complexity index is 302. The molecule has 0 saturated heterocycles. The van der Waals surface area contributed by atoms with E-state index in [4.69, 9.17) is 11.6 Å². The van der Waals surface area contributed by atoms with Gasteiger partial charge in [0.2, 0.25) is 0 Å². The Labute approximate surface area is 85.2 Å². The number of benzene rings is 1. The molecule has 1 rings (SSSR count). The molecule has 69 valence electrons. The highest BCUT2D eigenvalue weighted by Gasteiger charge is 2.09. The molecule has 0 aliphatic carbocycles. The van der Waals surface area contributed by atoms with E-state index >= 15 is 0 Å². The molecule has 0 bridgehead atoms. The second-order valence-electron chi connectivity index (χ2n) is 3.21. The average Bonchev–Trinajstić information content (AvgIpc) is 2.10. The zero-order valence-corrected chi connectivity index (χ0v) is 8.86. The number of hydrogen-bond donors (Lipinski definition) is 0. The molecule has 0 aromatic heterocycles. The van der Waals surface area contributed by atoms with E-state index in [0.717, 1.165) is 22.6 Å². The van der Waals surface area contributed by atoms with Crippen LogP contribution in [0.3, 0.4) is 0 Å². The molecule has 0 saturated carbocycles. The van der Waals surface area contributed by atoms with Crippen LogP contribution in [-0.4, -0.2) is 0 Å². The van der Waals surface area contributed by atoms with Crippen molar-refractivity contribution in [1.29, 1.82) is 0 Å². The van der Waals surface area contributed by atoms with Gasteiger partial charge in [0.25, 0.3) is 0 Å². The summed E-state index contributed by atoms with van der Waals surface area (Å²) in [7, 11) is 0. The van der Waals surface area contributed by atoms with Crippen LogP contribution < -0.4 is 0 Å². The molecule has 0 heterocycles. The average molecular weight is 194 g/mol. The maximum Gasteiger partial charge on any atom is 0.0473 e. The molecule has 0 amide bonds. The summed E-state index contributed by atoms with van der Waals surface area (Å²) in [6.07, 6.45) is 2.79. The van der Waals surface area contributed by atoms with Crippen LogP contribution in [0.4, 0.5) is 0 Å². The monoisotopic (exact) mass is 193 g/mol. The molecular weight excluding hydrogens is 180 g/mol. The van der Waals surface area contributed by atoms with Crippen molar-refractivity contribution in [3.05, 3.63) is 52.9 Å². The lowest BCUT2D eigenvalue weighted by atomic mass is 9.96. The number of halogens is 1. The van der Waals surface area contributed by atoms with E-state index in [9.17, 15) is 0 Å². The van der Waals surface area contributed by atoms with Gasteiger partial charge in [0.15, 0.2) is 0 Å². The summed E-state index contributed by atoms with van der Waals surface area (Å²) in [6, 6.07) is 6.10. The van der Waals surface area contributed by atoms with E-state index in [1.165, 1.54) is 5.92 Å². The first kappa shape index (κ1) is 10.3. The molecule has 0 aliphatic rings. The summed E-state index contributed by atoms with van der Waals surface area (Å²) in [6.45, 7) is 7.82. The highest BCUT2D eigenvalue weighted by molar-refractivity contribution is 6.32. The molecule has 1 aromatic carbocycles. The van der Waals surface area contributed by atoms with Crippen molar-refractivity contribution < 1.29 is 0 Å². The lowest BCUT2D eigenvalue weighted by molar-refractivity contribution is 1.03. The summed E-state index contributed by atoms with van der Waals surface area (Å²) in [5.74, 6) is 1.27. The fourth-order valence-corrected chi connectivity index (χ4v) is 1.59. The van der Waals surface area contributed by atoms with Gasteiger partial charge in [-0.15, -0.1) is 6.58 Å². The molecule has 0 unspecified atom stereocenters. The third-order valence-electron chi connectivity index (χ3n) is 2.10. The molecule has 0 aliphatic heterocycles. The van der Waals surface area contributed by atoms with Gasteiger partial charge in [0.05, 0.1) is 0 Å². The molecule has 0 fully saturated rings. The van der Waals surface area contributed by atoms with E-state index in [2.05, 4.69) is 13.5 Å². The van der Waals surface area contributed by atoms with Crippen LogP contribution in [0.5, 0.6) is 0 Å². The predicted octanol–water partition coefficient (Wildman–Crippen LogP) is 4.17. The van der Waals surface area contributed by atoms with E-state index in [1.54, 1.807) is 0 Å². The van der Waals surface area contributed by atoms with Crippen molar-refractivity contribution in [3.63, 3.8) is 0 Å². The molecule has 13 heavy (non-hydrogen) atoms. The van der Waals surface area contributed by atoms with Crippen LogP contribution in [0.1, 0.15) is 24.5 Å². The van der Waals surface area contributed by atoms with Gasteiger partial charge in [-0.2, -0.15) is 0 Å². The van der Waals surface area contributed by atoms with E-state index in [1.807, 2.05) is 31.2 Å². The minimum Gasteiger partial charge on any atom is -0.103 e. The standard InChI is InChI=1S/C12H14Cl/c1-4-6-9(2)11-8-5-7-10(3)12(11)13/h4-5,7-8H,1,6H2,2-3H3. The normalized spacial score (nSPS) is 10.5. The van der Waals surface area contributed by atoms with Crippen molar-refractivity contribution in [2.75, 3.05) is 0 Å². The van der Waals surface area contributed by atoms with Gasteiger partial charge in [-0.3, -0.25) is 0 Å². The molecule has 0 N–H and O–H groups in total. The van der Waals surface area contributed by atoms with E-state index in [-0.39, 0.29) is 0 Å². The van der Waals surface area contributed by atoms with Crippen LogP contribution >= 0.6 is 11.6 Å². The third kappa shape index (κ3) is 2.35. The molecule has 0 spiro atoms. The maximum atomic E-state index is 6.17. The van der Waals surface area contributed by atoms with Gasteiger partial charge in [-0.25, -0.2) is 0 Å².